The number of alkyl halides is 1. The van der Waals surface area contributed by atoms with Crippen molar-refractivity contribution >= 4 is 39.1 Å². The number of allylic oxidation sites excluding steroid dienone is 1. The topological polar surface area (TPSA) is 71.1 Å². The molecular formula is C15H18ClO6Si. The van der Waals surface area contributed by atoms with Gasteiger partial charge >= 0.3 is 21.5 Å². The van der Waals surface area contributed by atoms with Crippen LogP contribution < -0.4 is 0 Å². The molecule has 0 saturated carbocycles. The summed E-state index contributed by atoms with van der Waals surface area (Å²) in [5.41, 5.74) is 1.30. The number of carbonyl (C=O) groups excluding carboxylic acids is 2. The zero-order chi connectivity index (χ0) is 17.2. The molecule has 6 nitrogen and oxygen atoms in total. The van der Waals surface area contributed by atoms with Gasteiger partial charge in [0.2, 0.25) is 0 Å². The lowest BCUT2D eigenvalue weighted by atomic mass is 10.0. The Kier molecular flexibility index (Phi) is 8.75. The van der Waals surface area contributed by atoms with Crippen LogP contribution in [0, 0.1) is 0 Å². The van der Waals surface area contributed by atoms with Gasteiger partial charge in [-0.05, 0) is 18.6 Å². The van der Waals surface area contributed by atoms with E-state index in [2.05, 4.69) is 4.74 Å². The van der Waals surface area contributed by atoms with Gasteiger partial charge in [-0.3, -0.25) is 0 Å². The van der Waals surface area contributed by atoms with Crippen molar-refractivity contribution in [2.75, 3.05) is 26.7 Å². The van der Waals surface area contributed by atoms with E-state index < -0.39 is 21.5 Å². The summed E-state index contributed by atoms with van der Waals surface area (Å²) >= 11 is 5.50. The third-order valence-electron chi connectivity index (χ3n) is 2.69. The predicted molar refractivity (Wildman–Crippen MR) is 87.3 cm³/mol. The van der Waals surface area contributed by atoms with Gasteiger partial charge in [0.05, 0.1) is 11.1 Å². The Morgan fingerprint density at radius 2 is 1.91 bits per heavy atom. The molecule has 0 bridgehead atoms. The summed E-state index contributed by atoms with van der Waals surface area (Å²) < 4.78 is 19.1. The van der Waals surface area contributed by atoms with Crippen molar-refractivity contribution in [2.45, 2.75) is 6.92 Å². The van der Waals surface area contributed by atoms with Crippen molar-refractivity contribution in [1.82, 2.24) is 0 Å². The van der Waals surface area contributed by atoms with Crippen LogP contribution in [0.15, 0.2) is 24.3 Å². The fourth-order valence-electron chi connectivity index (χ4n) is 1.79. The maximum Gasteiger partial charge on any atom is 0.577 e. The van der Waals surface area contributed by atoms with Gasteiger partial charge in [-0.15, -0.1) is 11.6 Å². The second-order valence-corrected chi connectivity index (χ2v) is 6.01. The van der Waals surface area contributed by atoms with Gasteiger partial charge in [0.25, 0.3) is 0 Å². The highest BCUT2D eigenvalue weighted by atomic mass is 35.5. The molecule has 0 aromatic heterocycles. The average Bonchev–Trinajstić information content (AvgIpc) is 2.86. The fourth-order valence-corrected chi connectivity index (χ4v) is 2.51. The van der Waals surface area contributed by atoms with Crippen LogP contribution in [0.5, 0.6) is 0 Å². The second kappa shape index (κ2) is 10.3. The van der Waals surface area contributed by atoms with E-state index >= 15 is 0 Å². The summed E-state index contributed by atoms with van der Waals surface area (Å²) in [6.45, 7) is 2.55. The van der Waals surface area contributed by atoms with E-state index in [1.165, 1.54) is 0 Å². The summed E-state index contributed by atoms with van der Waals surface area (Å²) in [4.78, 5) is 22.6. The Morgan fingerprint density at radius 1 is 1.22 bits per heavy atom. The van der Waals surface area contributed by atoms with Gasteiger partial charge in [0, 0.05) is 26.7 Å². The molecule has 1 aromatic rings. The first kappa shape index (κ1) is 19.5. The number of fused-ring (bicyclic) bond motifs is 1. The summed E-state index contributed by atoms with van der Waals surface area (Å²) in [6.07, 6.45) is 3.40. The molecule has 0 atom stereocenters. The monoisotopic (exact) mass is 357 g/mol. The molecule has 0 amide bonds. The number of hydrogen-bond acceptors (Lipinski definition) is 6. The van der Waals surface area contributed by atoms with E-state index in [0.717, 1.165) is 0 Å². The minimum absolute atomic E-state index is 0.316. The molecule has 23 heavy (non-hydrogen) atoms. The lowest BCUT2D eigenvalue weighted by Gasteiger charge is -2.05. The summed E-state index contributed by atoms with van der Waals surface area (Å²) in [5.74, 6) is -0.826. The Hall–Kier alpha value is -1.51. The molecular weight excluding hydrogens is 340 g/mol. The minimum Gasteiger partial charge on any atom is -0.386 e. The third-order valence-corrected chi connectivity index (χ3v) is 4.06. The molecule has 125 valence electrons. The van der Waals surface area contributed by atoms with Crippen molar-refractivity contribution in [3.63, 3.8) is 0 Å². The lowest BCUT2D eigenvalue weighted by Crippen LogP contribution is -2.23. The van der Waals surface area contributed by atoms with Gasteiger partial charge in [-0.2, -0.15) is 0 Å². The fraction of sp³-hybridized carbons (Fsp3) is 0.333. The van der Waals surface area contributed by atoms with Gasteiger partial charge in [0.15, 0.2) is 0 Å². The second-order valence-electron chi connectivity index (χ2n) is 4.09. The zero-order valence-corrected chi connectivity index (χ0v) is 14.9. The highest BCUT2D eigenvalue weighted by molar-refractivity contribution is 6.36. The van der Waals surface area contributed by atoms with Crippen LogP contribution in [0.1, 0.15) is 33.2 Å². The first-order chi connectivity index (χ1) is 11.1. The Bertz CT molecular complexity index is 571. The Morgan fingerprint density at radius 3 is 2.43 bits per heavy atom. The van der Waals surface area contributed by atoms with Crippen LogP contribution in [0.3, 0.4) is 0 Å². The molecule has 0 N–H and O–H groups in total. The van der Waals surface area contributed by atoms with Crippen molar-refractivity contribution in [1.29, 1.82) is 0 Å². The van der Waals surface area contributed by atoms with Gasteiger partial charge in [0.1, 0.15) is 0 Å². The quantitative estimate of drug-likeness (QED) is 0.337. The SMILES string of the molecule is CCO[Si](OC)OC.O=C1OC(=O)c2c(C=CCCl)cccc21. The predicted octanol–water partition coefficient (Wildman–Crippen LogP) is 2.55. The van der Waals surface area contributed by atoms with Crippen molar-refractivity contribution in [2.24, 2.45) is 0 Å². The first-order valence-electron chi connectivity index (χ1n) is 6.78. The summed E-state index contributed by atoms with van der Waals surface area (Å²) in [5, 5.41) is 0. The molecule has 2 rings (SSSR count). The number of hydrogen-bond donors (Lipinski definition) is 0. The largest absolute Gasteiger partial charge is 0.577 e. The van der Waals surface area contributed by atoms with Crippen LogP contribution >= 0.6 is 11.6 Å². The van der Waals surface area contributed by atoms with Gasteiger partial charge < -0.3 is 18.0 Å². The number of rotatable bonds is 6. The third kappa shape index (κ3) is 5.56. The van der Waals surface area contributed by atoms with Crippen LogP contribution in [-0.4, -0.2) is 48.2 Å². The summed E-state index contributed by atoms with van der Waals surface area (Å²) in [7, 11) is 1.78. The highest BCUT2D eigenvalue weighted by Crippen LogP contribution is 2.24. The molecule has 0 aliphatic carbocycles. The molecule has 1 aromatic carbocycles. The normalized spacial score (nSPS) is 13.1. The number of cyclic esters (lactones) is 2. The van der Waals surface area contributed by atoms with Crippen LogP contribution in [-0.2, 0) is 18.0 Å². The highest BCUT2D eigenvalue weighted by Gasteiger charge is 2.31. The van der Waals surface area contributed by atoms with Crippen molar-refractivity contribution in [3.8, 4) is 0 Å². The maximum atomic E-state index is 11.3. The lowest BCUT2D eigenvalue weighted by molar-refractivity contribution is 0.0443. The van der Waals surface area contributed by atoms with Gasteiger partial charge in [-0.25, -0.2) is 9.59 Å². The van der Waals surface area contributed by atoms with E-state index in [9.17, 15) is 9.59 Å². The van der Waals surface area contributed by atoms with E-state index in [1.54, 1.807) is 44.6 Å². The number of halogens is 1. The first-order valence-corrected chi connectivity index (χ1v) is 8.54. The van der Waals surface area contributed by atoms with E-state index in [1.807, 2.05) is 6.92 Å². The van der Waals surface area contributed by atoms with Crippen LogP contribution in [0.25, 0.3) is 6.08 Å². The zero-order valence-electron chi connectivity index (χ0n) is 13.1. The number of esters is 2. The van der Waals surface area contributed by atoms with Gasteiger partial charge in [-0.1, -0.05) is 24.3 Å². The molecule has 0 saturated heterocycles. The number of carbonyl (C=O) groups is 2. The standard InChI is InChI=1S/C11H7ClO3.C4H11O3Si/c12-6-2-4-7-3-1-5-8-9(7)11(14)15-10(8)13;1-4-7-8(5-2)6-3/h1-5H,6H2;4H2,1-3H3. The molecule has 0 spiro atoms. The molecule has 1 aliphatic rings. The van der Waals surface area contributed by atoms with Crippen LogP contribution in [0.4, 0.5) is 0 Å². The summed E-state index contributed by atoms with van der Waals surface area (Å²) in [6, 6.07) is 5.01. The molecule has 1 radical (unpaired) electrons. The number of benzene rings is 1. The molecule has 1 heterocycles. The number of ether oxygens (including phenoxy) is 1. The van der Waals surface area contributed by atoms with E-state index in [4.69, 9.17) is 24.9 Å². The molecule has 0 unspecified atom stereocenters. The van der Waals surface area contributed by atoms with E-state index in [-0.39, 0.29) is 0 Å². The van der Waals surface area contributed by atoms with Crippen molar-refractivity contribution < 1.29 is 27.6 Å². The Labute approximate surface area is 141 Å². The Balaban J connectivity index is 0.000000284. The van der Waals surface area contributed by atoms with Crippen molar-refractivity contribution in [3.05, 3.63) is 41.0 Å². The average molecular weight is 358 g/mol. The molecule has 0 fully saturated rings. The smallest absolute Gasteiger partial charge is 0.386 e. The molecule has 1 aliphatic heterocycles. The maximum absolute atomic E-state index is 11.3. The van der Waals surface area contributed by atoms with E-state index in [0.29, 0.717) is 29.2 Å². The minimum atomic E-state index is -1.37. The molecule has 8 heteroatoms. The van der Waals surface area contributed by atoms with Crippen LogP contribution in [0.2, 0.25) is 0 Å².